The molecule has 2 aromatic carbocycles. The van der Waals surface area contributed by atoms with E-state index in [1.165, 1.54) is 19.3 Å². The highest BCUT2D eigenvalue weighted by Gasteiger charge is 2.23. The Morgan fingerprint density at radius 1 is 1.03 bits per heavy atom. The highest BCUT2D eigenvalue weighted by atomic mass is 32.2. The summed E-state index contributed by atoms with van der Waals surface area (Å²) in [6.45, 7) is 3.48. The SMILES string of the molecule is CCS(=O)(=O)n1cc(Nc2c(Nc3cc4cc(-c5cnccc5C)cc(N)c4cn3)c(=O)c2=O)cn1. The molecule has 11 nitrogen and oxygen atoms in total. The minimum Gasteiger partial charge on any atom is -0.398 e. The summed E-state index contributed by atoms with van der Waals surface area (Å²) in [7, 11) is -3.58. The van der Waals surface area contributed by atoms with Crippen molar-refractivity contribution in [3.05, 3.63) is 81.3 Å². The minimum atomic E-state index is -3.58. The third kappa shape index (κ3) is 3.96. The zero-order valence-electron chi connectivity index (χ0n) is 19.3. The summed E-state index contributed by atoms with van der Waals surface area (Å²) in [5.74, 6) is 0.197. The van der Waals surface area contributed by atoms with Crippen LogP contribution in [0.4, 0.5) is 28.6 Å². The van der Waals surface area contributed by atoms with E-state index in [0.29, 0.717) is 11.5 Å². The topological polar surface area (TPSA) is 162 Å². The Hall–Kier alpha value is -4.58. The van der Waals surface area contributed by atoms with Crippen molar-refractivity contribution >= 4 is 49.4 Å². The predicted octanol–water partition coefficient (Wildman–Crippen LogP) is 2.66. The van der Waals surface area contributed by atoms with Crippen molar-refractivity contribution in [1.82, 2.24) is 19.2 Å². The number of aromatic nitrogens is 4. The van der Waals surface area contributed by atoms with Crippen LogP contribution in [0.2, 0.25) is 0 Å². The van der Waals surface area contributed by atoms with Crippen LogP contribution < -0.4 is 27.2 Å². The van der Waals surface area contributed by atoms with E-state index < -0.39 is 20.9 Å². The Morgan fingerprint density at radius 2 is 1.78 bits per heavy atom. The van der Waals surface area contributed by atoms with Gasteiger partial charge >= 0.3 is 0 Å². The monoisotopic (exact) mass is 503 g/mol. The summed E-state index contributed by atoms with van der Waals surface area (Å²) in [5.41, 5.74) is 8.50. The number of nitrogens with two attached hydrogens (primary N) is 1. The molecule has 12 heteroatoms. The summed E-state index contributed by atoms with van der Waals surface area (Å²) in [4.78, 5) is 33.0. The molecule has 0 atom stereocenters. The Kier molecular flexibility index (Phi) is 5.52. The van der Waals surface area contributed by atoms with Gasteiger partial charge in [-0.1, -0.05) is 0 Å². The number of aryl methyl sites for hydroxylation is 1. The zero-order valence-corrected chi connectivity index (χ0v) is 20.1. The van der Waals surface area contributed by atoms with Crippen LogP contribution >= 0.6 is 0 Å². The first-order valence-electron chi connectivity index (χ1n) is 10.9. The number of hydrogen-bond donors (Lipinski definition) is 3. The van der Waals surface area contributed by atoms with Crippen LogP contribution in [0, 0.1) is 6.92 Å². The highest BCUT2D eigenvalue weighted by molar-refractivity contribution is 7.89. The molecule has 36 heavy (non-hydrogen) atoms. The van der Waals surface area contributed by atoms with Crippen LogP contribution in [0.1, 0.15) is 12.5 Å². The van der Waals surface area contributed by atoms with Gasteiger partial charge in [-0.25, -0.2) is 13.4 Å². The smallest absolute Gasteiger partial charge is 0.253 e. The molecule has 3 heterocycles. The largest absolute Gasteiger partial charge is 0.398 e. The Bertz CT molecular complexity index is 1820. The van der Waals surface area contributed by atoms with Crippen molar-refractivity contribution in [3.63, 3.8) is 0 Å². The molecular weight excluding hydrogens is 482 g/mol. The zero-order chi connectivity index (χ0) is 25.6. The third-order valence-electron chi connectivity index (χ3n) is 5.86. The molecule has 4 N–H and O–H groups in total. The maximum atomic E-state index is 12.3. The van der Waals surface area contributed by atoms with E-state index in [9.17, 15) is 18.0 Å². The van der Waals surface area contributed by atoms with E-state index in [-0.39, 0.29) is 22.8 Å². The van der Waals surface area contributed by atoms with Gasteiger partial charge in [-0.15, -0.1) is 0 Å². The number of hydrogen-bond acceptors (Lipinski definition) is 10. The number of nitrogens with zero attached hydrogens (tertiary/aromatic N) is 4. The van der Waals surface area contributed by atoms with Crippen LogP contribution in [-0.4, -0.2) is 33.3 Å². The number of pyridine rings is 2. The molecule has 0 saturated heterocycles. The van der Waals surface area contributed by atoms with Gasteiger partial charge in [0.15, 0.2) is 0 Å². The van der Waals surface area contributed by atoms with Crippen molar-refractivity contribution in [3.8, 4) is 11.1 Å². The molecule has 0 aliphatic rings. The Balaban J connectivity index is 1.47. The molecule has 182 valence electrons. The predicted molar refractivity (Wildman–Crippen MR) is 139 cm³/mol. The number of fused-ring (bicyclic) bond motifs is 1. The van der Waals surface area contributed by atoms with Gasteiger partial charge in [0, 0.05) is 35.2 Å². The van der Waals surface area contributed by atoms with Gasteiger partial charge in [0.05, 0.1) is 23.8 Å². The molecule has 5 rings (SSSR count). The maximum Gasteiger partial charge on any atom is 0.253 e. The van der Waals surface area contributed by atoms with Crippen LogP contribution in [0.15, 0.2) is 64.8 Å². The van der Waals surface area contributed by atoms with Crippen molar-refractivity contribution in [2.24, 2.45) is 0 Å². The molecule has 3 aromatic heterocycles. The second-order valence-corrected chi connectivity index (χ2v) is 10.3. The molecule has 0 amide bonds. The van der Waals surface area contributed by atoms with E-state index in [1.807, 2.05) is 25.1 Å². The minimum absolute atomic E-state index is 0.00501. The first-order valence-corrected chi connectivity index (χ1v) is 12.5. The summed E-state index contributed by atoms with van der Waals surface area (Å²) >= 11 is 0. The molecule has 5 aromatic rings. The normalized spacial score (nSPS) is 11.7. The lowest BCUT2D eigenvalue weighted by atomic mass is 9.99. The van der Waals surface area contributed by atoms with Gasteiger partial charge in [-0.05, 0) is 54.6 Å². The molecule has 0 radical (unpaired) electrons. The number of benzene rings is 1. The second-order valence-electron chi connectivity index (χ2n) is 8.21. The lowest BCUT2D eigenvalue weighted by molar-refractivity contribution is 0.581. The molecule has 0 unspecified atom stereocenters. The molecule has 0 aliphatic carbocycles. The van der Waals surface area contributed by atoms with Gasteiger partial charge in [-0.2, -0.15) is 9.19 Å². The molecule has 0 aliphatic heterocycles. The van der Waals surface area contributed by atoms with Gasteiger partial charge in [0.2, 0.25) is 0 Å². The standard InChI is InChI=1S/C24H21N7O4S/c1-3-36(34,35)31-12-16(9-28-31)29-21-22(24(33)23(21)32)30-20-8-15-6-14(7-19(25)18(15)11-27-20)17-10-26-5-4-13(17)2/h4-12,29H,3,25H2,1-2H3,(H,27,30). The number of nitrogen functional groups attached to an aromatic ring is 1. The summed E-state index contributed by atoms with van der Waals surface area (Å²) in [6, 6.07) is 7.45. The van der Waals surface area contributed by atoms with Crippen LogP contribution in [0.5, 0.6) is 0 Å². The third-order valence-corrected chi connectivity index (χ3v) is 7.36. The Labute approximate surface area is 205 Å². The number of rotatable bonds is 7. The number of anilines is 5. The van der Waals surface area contributed by atoms with Gasteiger partial charge in [0.1, 0.15) is 17.2 Å². The van der Waals surface area contributed by atoms with E-state index in [4.69, 9.17) is 5.73 Å². The van der Waals surface area contributed by atoms with Gasteiger partial charge < -0.3 is 16.4 Å². The average molecular weight is 504 g/mol. The molecule has 0 saturated carbocycles. The Morgan fingerprint density at radius 3 is 2.50 bits per heavy atom. The second kappa shape index (κ2) is 8.57. The molecule has 0 spiro atoms. The van der Waals surface area contributed by atoms with Gasteiger partial charge in [0.25, 0.3) is 20.9 Å². The lowest BCUT2D eigenvalue weighted by Gasteiger charge is -2.14. The average Bonchev–Trinajstić information content (AvgIpc) is 3.36. The summed E-state index contributed by atoms with van der Waals surface area (Å²) < 4.78 is 24.8. The van der Waals surface area contributed by atoms with E-state index in [0.717, 1.165) is 31.5 Å². The first-order chi connectivity index (χ1) is 17.2. The van der Waals surface area contributed by atoms with E-state index in [2.05, 4.69) is 25.7 Å². The van der Waals surface area contributed by atoms with Crippen LogP contribution in [0.3, 0.4) is 0 Å². The van der Waals surface area contributed by atoms with Crippen molar-refractivity contribution in [2.45, 2.75) is 13.8 Å². The van der Waals surface area contributed by atoms with E-state index >= 15 is 0 Å². The summed E-state index contributed by atoms with van der Waals surface area (Å²) in [5, 5.41) is 11.0. The van der Waals surface area contributed by atoms with Crippen LogP contribution in [0.25, 0.3) is 21.9 Å². The molecular formula is C24H21N7O4S. The van der Waals surface area contributed by atoms with Crippen molar-refractivity contribution < 1.29 is 8.42 Å². The fraction of sp³-hybridized carbons (Fsp3) is 0.125. The lowest BCUT2D eigenvalue weighted by Crippen LogP contribution is -2.35. The van der Waals surface area contributed by atoms with Gasteiger partial charge in [-0.3, -0.25) is 14.6 Å². The van der Waals surface area contributed by atoms with E-state index in [1.54, 1.807) is 24.7 Å². The summed E-state index contributed by atoms with van der Waals surface area (Å²) in [6.07, 6.45) is 7.57. The highest BCUT2D eigenvalue weighted by Crippen LogP contribution is 2.32. The molecule has 0 fully saturated rings. The fourth-order valence-electron chi connectivity index (χ4n) is 3.83. The van der Waals surface area contributed by atoms with Crippen molar-refractivity contribution in [1.29, 1.82) is 0 Å². The van der Waals surface area contributed by atoms with Crippen LogP contribution in [-0.2, 0) is 10.0 Å². The van der Waals surface area contributed by atoms with Crippen molar-refractivity contribution in [2.75, 3.05) is 22.1 Å². The molecule has 0 bridgehead atoms. The maximum absolute atomic E-state index is 12.3. The quantitative estimate of drug-likeness (QED) is 0.222. The first kappa shape index (κ1) is 23.2. The fourth-order valence-corrected chi connectivity index (χ4v) is 4.56. The number of nitrogens with one attached hydrogen (secondary N) is 2.